The quantitative estimate of drug-likeness (QED) is 0.0861. The number of benzene rings is 1. The molecule has 6 fully saturated rings. The summed E-state index contributed by atoms with van der Waals surface area (Å²) in [4.78, 5) is 33.2. The van der Waals surface area contributed by atoms with Gasteiger partial charge in [0.1, 0.15) is 28.5 Å². The Morgan fingerprint density at radius 2 is 1.77 bits per heavy atom. The summed E-state index contributed by atoms with van der Waals surface area (Å²) in [5, 5.41) is 111. The topological polar surface area (TPSA) is 232 Å². The van der Waals surface area contributed by atoms with Gasteiger partial charge in [-0.05, 0) is 134 Å². The zero-order valence-corrected chi connectivity index (χ0v) is 41.8. The number of ether oxygens (including phenoxy) is 1. The van der Waals surface area contributed by atoms with Crippen LogP contribution in [-0.4, -0.2) is 129 Å². The first-order chi connectivity index (χ1) is 32.7. The average Bonchev–Trinajstić information content (AvgIpc) is 3.99. The Morgan fingerprint density at radius 3 is 2.51 bits per heavy atom. The summed E-state index contributed by atoms with van der Waals surface area (Å²) in [6.45, 7) is 7.46. The summed E-state index contributed by atoms with van der Waals surface area (Å²) in [7, 11) is 2.21. The van der Waals surface area contributed by atoms with E-state index >= 15 is 9.59 Å². The van der Waals surface area contributed by atoms with Gasteiger partial charge in [-0.15, -0.1) is 5.92 Å². The molecule has 0 radical (unpaired) electrons. The van der Waals surface area contributed by atoms with Gasteiger partial charge in [-0.25, -0.2) is 0 Å². The van der Waals surface area contributed by atoms with Crippen molar-refractivity contribution < 1.29 is 60.3 Å². The van der Waals surface area contributed by atoms with Crippen LogP contribution in [0.3, 0.4) is 0 Å². The number of phenolic OH excluding ortho intramolecular Hbond substituents is 1. The molecule has 1 aromatic rings. The smallest absolute Gasteiger partial charge is 0.233 e. The molecule has 13 rings (SSSR count). The van der Waals surface area contributed by atoms with Crippen LogP contribution >= 0.6 is 21.6 Å². The van der Waals surface area contributed by atoms with E-state index in [-0.39, 0.29) is 56.0 Å². The first-order valence-electron chi connectivity index (χ1n) is 25.7. The van der Waals surface area contributed by atoms with Gasteiger partial charge in [0, 0.05) is 47.9 Å². The Labute approximate surface area is 413 Å². The SMILES string of the molecule is CC(C)[C@@H](C)[C@@H]1O[C@H]1[C@@]1(O)CC=C[C@@H]2C[C@H]3C4=CC(=O)[C@]56[C@H](O)SS[C@@H]([C@H]7CCC[C@H](CO)[C@]78CCN(C8=O)c7cc(O)cc(c7)CC[C@]27[C@@H]1CC[C@@]47O)[C@@H](O)CC#C[C@@H]5[C@@H](O)[C@](O)(CO)C[C@]36C. The minimum atomic E-state index is -2.17. The summed E-state index contributed by atoms with van der Waals surface area (Å²) in [5.74, 6) is 1.91. The molecule has 2 saturated heterocycles. The molecule has 376 valence electrons. The van der Waals surface area contributed by atoms with Crippen molar-refractivity contribution in [3.8, 4) is 17.6 Å². The van der Waals surface area contributed by atoms with Crippen molar-refractivity contribution in [3.63, 3.8) is 0 Å². The van der Waals surface area contributed by atoms with E-state index in [2.05, 4.69) is 38.7 Å². The Kier molecular flexibility index (Phi) is 11.7. The summed E-state index contributed by atoms with van der Waals surface area (Å²) in [6, 6.07) is 5.21. The number of aryl methyl sites for hydroxylation is 1. The molecule has 20 atom stereocenters. The van der Waals surface area contributed by atoms with Crippen LogP contribution < -0.4 is 4.90 Å². The Morgan fingerprint density at radius 1 is 0.986 bits per heavy atom. The van der Waals surface area contributed by atoms with Gasteiger partial charge in [-0.3, -0.25) is 9.59 Å². The van der Waals surface area contributed by atoms with Gasteiger partial charge in [0.15, 0.2) is 5.78 Å². The van der Waals surface area contributed by atoms with Gasteiger partial charge < -0.3 is 55.6 Å². The Bertz CT molecular complexity index is 2420. The molecule has 1 amide bonds. The molecule has 1 aromatic carbocycles. The second kappa shape index (κ2) is 16.5. The van der Waals surface area contributed by atoms with Crippen LogP contribution in [0, 0.1) is 80.8 Å². The molecule has 69 heavy (non-hydrogen) atoms. The Balaban J connectivity index is 1.16. The van der Waals surface area contributed by atoms with E-state index in [1.807, 2.05) is 19.1 Å². The number of carbonyl (C=O) groups is 2. The lowest BCUT2D eigenvalue weighted by Gasteiger charge is -2.69. The molecule has 12 aliphatic rings. The number of aromatic hydroxyl groups is 1. The van der Waals surface area contributed by atoms with Gasteiger partial charge in [-0.1, -0.05) is 73.8 Å². The highest BCUT2D eigenvalue weighted by Gasteiger charge is 2.80. The summed E-state index contributed by atoms with van der Waals surface area (Å²) >= 11 is 0. The third-order valence-electron chi connectivity index (χ3n) is 21.1. The number of epoxide rings is 1. The van der Waals surface area contributed by atoms with Crippen LogP contribution in [0.4, 0.5) is 5.69 Å². The van der Waals surface area contributed by atoms with Gasteiger partial charge >= 0.3 is 0 Å². The van der Waals surface area contributed by atoms with Crippen molar-refractivity contribution >= 4 is 39.0 Å². The average molecular weight is 990 g/mol. The normalized spacial score (nSPS) is 50.1. The number of ketones is 1. The van der Waals surface area contributed by atoms with Gasteiger partial charge in [0.05, 0.1) is 47.3 Å². The molecule has 13 nitrogen and oxygen atoms in total. The van der Waals surface area contributed by atoms with Crippen molar-refractivity contribution in [2.75, 3.05) is 24.7 Å². The largest absolute Gasteiger partial charge is 0.508 e. The fourth-order valence-corrected chi connectivity index (χ4v) is 21.0. The number of nitrogens with zero attached hydrogens (tertiary/aromatic N) is 1. The molecule has 6 aliphatic carbocycles. The van der Waals surface area contributed by atoms with Crippen molar-refractivity contribution in [3.05, 3.63) is 47.6 Å². The second-order valence-corrected chi connectivity index (χ2v) is 26.4. The van der Waals surface area contributed by atoms with Gasteiger partial charge in [-0.2, -0.15) is 0 Å². The number of phenols is 1. The summed E-state index contributed by atoms with van der Waals surface area (Å²) < 4.78 is 6.49. The number of fused-ring (bicyclic) bond motifs is 1. The minimum Gasteiger partial charge on any atom is -0.508 e. The van der Waals surface area contributed by atoms with E-state index in [4.69, 9.17) is 4.74 Å². The molecule has 0 aromatic heterocycles. The lowest BCUT2D eigenvalue weighted by molar-refractivity contribution is -0.249. The molecule has 9 bridgehead atoms. The molecule has 6 heterocycles. The second-order valence-electron chi connectivity index (χ2n) is 23.9. The molecule has 9 N–H and O–H groups in total. The number of allylic oxidation sites excluding steroid dienone is 2. The predicted octanol–water partition coefficient (Wildman–Crippen LogP) is 4.43. The highest BCUT2D eigenvalue weighted by molar-refractivity contribution is 8.77. The van der Waals surface area contributed by atoms with Crippen LogP contribution in [-0.2, 0) is 20.7 Å². The van der Waals surface area contributed by atoms with Crippen LogP contribution in [0.5, 0.6) is 5.75 Å². The highest BCUT2D eigenvalue weighted by atomic mass is 33.1. The van der Waals surface area contributed by atoms with E-state index in [9.17, 15) is 46.0 Å². The number of carbonyl (C=O) groups excluding carboxylic acids is 2. The summed E-state index contributed by atoms with van der Waals surface area (Å²) in [6.07, 6.45) is 5.65. The van der Waals surface area contributed by atoms with Gasteiger partial charge in [0.2, 0.25) is 5.91 Å². The molecule has 15 heteroatoms. The maximum absolute atomic E-state index is 16.0. The number of aliphatic hydroxyl groups is 8. The number of hydrogen-bond donors (Lipinski definition) is 9. The number of anilines is 1. The predicted molar refractivity (Wildman–Crippen MR) is 260 cm³/mol. The standard InChI is InChI=1S/C54H71NO12S2/c1-28(2)29(3)42-45(67-42)52(65)15-7-9-31-22-37-38-24-41(60)54-36(44(61)49(64,27-57)26-48(37,54)4)11-6-12-39(59)43(68-69-47(54)63)35-10-5-8-32(25-56)50(35)18-19-55(46(50)62)33-20-30(21-34(58)23-33)13-16-51(31)40(52)14-17-53(38,51)66/h7,9,20-21,23-24,28-29,31-32,35-37,39-40,42-45,47,56-59,61,63-66H,5,8,10,12-19,22,25-27H2,1-4H3/t29-,31-,32-,35-,36-,37+,39+,40+,42+,43+,44-,45-,47-,48-,49-,50-,51-,52-,53-,54+/m1/s1. The van der Waals surface area contributed by atoms with Crippen LogP contribution in [0.25, 0.3) is 0 Å². The number of hydrogen-bond acceptors (Lipinski definition) is 14. The number of rotatable bonds is 5. The highest BCUT2D eigenvalue weighted by Crippen LogP contribution is 2.77. The molecule has 4 saturated carbocycles. The first kappa shape index (κ1) is 48.8. The van der Waals surface area contributed by atoms with Crippen LogP contribution in [0.1, 0.15) is 104 Å². The van der Waals surface area contributed by atoms with Gasteiger partial charge in [0.25, 0.3) is 0 Å². The van der Waals surface area contributed by atoms with E-state index < -0.39 is 115 Å². The first-order valence-corrected chi connectivity index (χ1v) is 28.0. The van der Waals surface area contributed by atoms with Crippen molar-refractivity contribution in [1.29, 1.82) is 0 Å². The van der Waals surface area contributed by atoms with Crippen molar-refractivity contribution in [1.82, 2.24) is 0 Å². The molecular formula is C54H71NO12S2. The zero-order valence-electron chi connectivity index (χ0n) is 40.2. The fourth-order valence-electron chi connectivity index (χ4n) is 17.4. The lowest BCUT2D eigenvalue weighted by Crippen LogP contribution is -2.75. The molecule has 0 unspecified atom stereocenters. The summed E-state index contributed by atoms with van der Waals surface area (Å²) in [5.41, 5.74) is -10.8. The van der Waals surface area contributed by atoms with Crippen LogP contribution in [0.2, 0.25) is 0 Å². The van der Waals surface area contributed by atoms with E-state index in [1.165, 1.54) is 16.9 Å². The van der Waals surface area contributed by atoms with Crippen molar-refractivity contribution in [2.24, 2.45) is 69.0 Å². The molecule has 6 aliphatic heterocycles. The lowest BCUT2D eigenvalue weighted by atomic mass is 9.36. The van der Waals surface area contributed by atoms with E-state index in [0.717, 1.165) is 16.4 Å². The van der Waals surface area contributed by atoms with Crippen molar-refractivity contribution in [2.45, 2.75) is 157 Å². The third-order valence-corrected chi connectivity index (χ3v) is 24.1. The minimum absolute atomic E-state index is 0.0314. The number of amides is 1. The Hall–Kier alpha value is -2.46. The maximum Gasteiger partial charge on any atom is 0.233 e. The maximum atomic E-state index is 16.0. The van der Waals surface area contributed by atoms with E-state index in [1.54, 1.807) is 17.0 Å². The fraction of sp³-hybridized carbons (Fsp3) is 0.741. The number of aliphatic hydroxyl groups excluding tert-OH is 5. The monoisotopic (exact) mass is 989 g/mol. The molecule has 3 spiro atoms. The van der Waals surface area contributed by atoms with Crippen LogP contribution in [0.15, 0.2) is 42.0 Å². The zero-order chi connectivity index (χ0) is 49.0. The third kappa shape index (κ3) is 6.32. The van der Waals surface area contributed by atoms with E-state index in [0.29, 0.717) is 75.1 Å². The molecular weight excluding hydrogens is 919 g/mol.